The number of aromatic nitrogens is 1. The van der Waals surface area contributed by atoms with Crippen LogP contribution in [0.15, 0.2) is 5.38 Å². The number of hydrogen-bond acceptors (Lipinski definition) is 4. The fourth-order valence-electron chi connectivity index (χ4n) is 2.55. The maximum absolute atomic E-state index is 6.19. The molecule has 0 spiro atoms. The number of nitrogens with zero attached hydrogens (tertiary/aromatic N) is 1. The molecule has 2 aliphatic rings. The third-order valence-corrected chi connectivity index (χ3v) is 4.20. The molecule has 2 N–H and O–H groups in total. The summed E-state index contributed by atoms with van der Waals surface area (Å²) in [6.45, 7) is 3.84. The molecule has 0 bridgehead atoms. The summed E-state index contributed by atoms with van der Waals surface area (Å²) in [7, 11) is 0. The van der Waals surface area contributed by atoms with Crippen LogP contribution in [0.1, 0.15) is 16.7 Å². The van der Waals surface area contributed by atoms with E-state index in [9.17, 15) is 0 Å². The van der Waals surface area contributed by atoms with Crippen molar-refractivity contribution in [3.05, 3.63) is 16.1 Å². The average molecular weight is 210 g/mol. The Morgan fingerprint density at radius 1 is 1.57 bits per heavy atom. The third kappa shape index (κ3) is 1.21. The SMILES string of the molecule is Cc1nc(C(N)C2C3COCC32)cs1. The summed E-state index contributed by atoms with van der Waals surface area (Å²) >= 11 is 1.68. The maximum Gasteiger partial charge on any atom is 0.0898 e. The predicted molar refractivity (Wildman–Crippen MR) is 55.1 cm³/mol. The van der Waals surface area contributed by atoms with Crippen molar-refractivity contribution >= 4 is 11.3 Å². The van der Waals surface area contributed by atoms with Gasteiger partial charge in [0.2, 0.25) is 0 Å². The summed E-state index contributed by atoms with van der Waals surface area (Å²) in [5, 5.41) is 3.20. The number of hydrogen-bond donors (Lipinski definition) is 1. The maximum atomic E-state index is 6.19. The van der Waals surface area contributed by atoms with Crippen molar-refractivity contribution in [3.63, 3.8) is 0 Å². The van der Waals surface area contributed by atoms with Crippen molar-refractivity contribution in [2.45, 2.75) is 13.0 Å². The Balaban J connectivity index is 1.75. The molecule has 3 nitrogen and oxygen atoms in total. The topological polar surface area (TPSA) is 48.1 Å². The highest BCUT2D eigenvalue weighted by atomic mass is 32.1. The number of thiazole rings is 1. The predicted octanol–water partition coefficient (Wildman–Crippen LogP) is 1.34. The average Bonchev–Trinajstić information content (AvgIpc) is 2.56. The van der Waals surface area contributed by atoms with Crippen LogP contribution >= 0.6 is 11.3 Å². The fraction of sp³-hybridized carbons (Fsp3) is 0.700. The van der Waals surface area contributed by atoms with Gasteiger partial charge in [-0.1, -0.05) is 0 Å². The van der Waals surface area contributed by atoms with Crippen LogP contribution in [0.5, 0.6) is 0 Å². The van der Waals surface area contributed by atoms with Gasteiger partial charge >= 0.3 is 0 Å². The number of rotatable bonds is 2. The third-order valence-electron chi connectivity index (χ3n) is 3.41. The van der Waals surface area contributed by atoms with E-state index >= 15 is 0 Å². The number of nitrogens with two attached hydrogens (primary N) is 1. The lowest BCUT2D eigenvalue weighted by Gasteiger charge is -2.10. The zero-order valence-corrected chi connectivity index (χ0v) is 8.96. The first-order valence-electron chi connectivity index (χ1n) is 5.02. The standard InChI is InChI=1S/C10H14N2OS/c1-5-12-8(4-14-5)10(11)9-6-2-13-3-7(6)9/h4,6-7,9-10H,2-3,11H2,1H3. The number of fused-ring (bicyclic) bond motifs is 1. The molecule has 1 aliphatic carbocycles. The lowest BCUT2D eigenvalue weighted by molar-refractivity contribution is 0.146. The molecule has 1 aliphatic heterocycles. The second kappa shape index (κ2) is 3.02. The first kappa shape index (κ1) is 8.83. The summed E-state index contributed by atoms with van der Waals surface area (Å²) in [5.41, 5.74) is 7.27. The van der Waals surface area contributed by atoms with Gasteiger partial charge < -0.3 is 10.5 Å². The Morgan fingerprint density at radius 3 is 2.86 bits per heavy atom. The summed E-state index contributed by atoms with van der Waals surface area (Å²) in [4.78, 5) is 4.45. The van der Waals surface area contributed by atoms with Crippen LogP contribution in [0.25, 0.3) is 0 Å². The molecule has 3 rings (SSSR count). The van der Waals surface area contributed by atoms with E-state index < -0.39 is 0 Å². The molecule has 4 heteroatoms. The lowest BCUT2D eigenvalue weighted by atomic mass is 10.1. The molecule has 3 atom stereocenters. The smallest absolute Gasteiger partial charge is 0.0898 e. The number of ether oxygens (including phenoxy) is 1. The van der Waals surface area contributed by atoms with E-state index in [0.717, 1.165) is 23.9 Å². The van der Waals surface area contributed by atoms with Crippen molar-refractivity contribution < 1.29 is 4.74 Å². The molecule has 2 heterocycles. The normalized spacial score (nSPS) is 36.9. The minimum atomic E-state index is 0.138. The summed E-state index contributed by atoms with van der Waals surface area (Å²) < 4.78 is 5.35. The second-order valence-corrected chi connectivity index (χ2v) is 5.32. The molecule has 14 heavy (non-hydrogen) atoms. The molecule has 3 unspecified atom stereocenters. The Bertz CT molecular complexity index is 342. The summed E-state index contributed by atoms with van der Waals surface area (Å²) in [6, 6.07) is 0.138. The Hall–Kier alpha value is -0.450. The van der Waals surface area contributed by atoms with Gasteiger partial charge in [-0.2, -0.15) is 0 Å². The Kier molecular flexibility index (Phi) is 1.90. The molecule has 0 radical (unpaired) electrons. The van der Waals surface area contributed by atoms with Crippen LogP contribution in [0.4, 0.5) is 0 Å². The van der Waals surface area contributed by atoms with E-state index in [1.165, 1.54) is 0 Å². The zero-order chi connectivity index (χ0) is 9.71. The van der Waals surface area contributed by atoms with Gasteiger partial charge in [-0.25, -0.2) is 4.98 Å². The van der Waals surface area contributed by atoms with Crippen LogP contribution in [-0.4, -0.2) is 18.2 Å². The van der Waals surface area contributed by atoms with Crippen molar-refractivity contribution in [2.24, 2.45) is 23.5 Å². The van der Waals surface area contributed by atoms with Crippen molar-refractivity contribution in [3.8, 4) is 0 Å². The quantitative estimate of drug-likeness (QED) is 0.801. The molecule has 1 saturated carbocycles. The van der Waals surface area contributed by atoms with Crippen LogP contribution in [0, 0.1) is 24.7 Å². The van der Waals surface area contributed by atoms with E-state index in [4.69, 9.17) is 10.5 Å². The van der Waals surface area contributed by atoms with E-state index in [2.05, 4.69) is 10.4 Å². The van der Waals surface area contributed by atoms with E-state index in [1.807, 2.05) is 6.92 Å². The highest BCUT2D eigenvalue weighted by Crippen LogP contribution is 2.55. The van der Waals surface area contributed by atoms with Gasteiger partial charge in [0.25, 0.3) is 0 Å². The molecule has 2 fully saturated rings. The monoisotopic (exact) mass is 210 g/mol. The van der Waals surface area contributed by atoms with Gasteiger partial charge in [0.15, 0.2) is 0 Å². The molecule has 0 aromatic carbocycles. The van der Waals surface area contributed by atoms with Crippen LogP contribution in [0.2, 0.25) is 0 Å². The van der Waals surface area contributed by atoms with E-state index in [0.29, 0.717) is 17.8 Å². The summed E-state index contributed by atoms with van der Waals surface area (Å²) in [5.74, 6) is 2.06. The molecular formula is C10H14N2OS. The first-order chi connectivity index (χ1) is 6.77. The highest BCUT2D eigenvalue weighted by Gasteiger charge is 2.57. The Morgan fingerprint density at radius 2 is 2.29 bits per heavy atom. The zero-order valence-electron chi connectivity index (χ0n) is 8.14. The molecule has 1 aromatic rings. The van der Waals surface area contributed by atoms with Crippen LogP contribution < -0.4 is 5.73 Å². The first-order valence-corrected chi connectivity index (χ1v) is 5.90. The minimum Gasteiger partial charge on any atom is -0.381 e. The minimum absolute atomic E-state index is 0.138. The van der Waals surface area contributed by atoms with Crippen LogP contribution in [0.3, 0.4) is 0 Å². The molecule has 1 saturated heterocycles. The Labute approximate surface area is 87.3 Å². The summed E-state index contributed by atoms with van der Waals surface area (Å²) in [6.07, 6.45) is 0. The van der Waals surface area contributed by atoms with Gasteiger partial charge in [0, 0.05) is 5.38 Å². The highest BCUT2D eigenvalue weighted by molar-refractivity contribution is 7.09. The van der Waals surface area contributed by atoms with Crippen LogP contribution in [-0.2, 0) is 4.74 Å². The van der Waals surface area contributed by atoms with Crippen molar-refractivity contribution in [2.75, 3.05) is 13.2 Å². The van der Waals surface area contributed by atoms with Gasteiger partial charge in [0.1, 0.15) is 0 Å². The second-order valence-electron chi connectivity index (χ2n) is 4.26. The molecule has 1 aromatic heterocycles. The fourth-order valence-corrected chi connectivity index (χ4v) is 3.21. The number of aryl methyl sites for hydroxylation is 1. The van der Waals surface area contributed by atoms with Crippen molar-refractivity contribution in [1.29, 1.82) is 0 Å². The van der Waals surface area contributed by atoms with E-state index in [-0.39, 0.29) is 6.04 Å². The largest absolute Gasteiger partial charge is 0.381 e. The molecular weight excluding hydrogens is 196 g/mol. The lowest BCUT2D eigenvalue weighted by Crippen LogP contribution is -2.17. The van der Waals surface area contributed by atoms with Gasteiger partial charge in [0.05, 0.1) is 30.0 Å². The van der Waals surface area contributed by atoms with Gasteiger partial charge in [-0.05, 0) is 24.7 Å². The van der Waals surface area contributed by atoms with E-state index in [1.54, 1.807) is 11.3 Å². The van der Waals surface area contributed by atoms with Crippen molar-refractivity contribution in [1.82, 2.24) is 4.98 Å². The molecule has 0 amide bonds. The molecule has 76 valence electrons. The van der Waals surface area contributed by atoms with Gasteiger partial charge in [-0.3, -0.25) is 0 Å². The van der Waals surface area contributed by atoms with Gasteiger partial charge in [-0.15, -0.1) is 11.3 Å².